The fourth-order valence-corrected chi connectivity index (χ4v) is 6.06. The molecule has 2 aromatic heterocycles. The number of hydrogen-bond donors (Lipinski definition) is 1. The number of methoxy groups -OCH3 is 1. The van der Waals surface area contributed by atoms with Crippen molar-refractivity contribution in [2.45, 2.75) is 51.6 Å². The van der Waals surface area contributed by atoms with Gasteiger partial charge in [-0.1, -0.05) is 12.1 Å². The van der Waals surface area contributed by atoms with Crippen LogP contribution in [0.15, 0.2) is 29.1 Å². The van der Waals surface area contributed by atoms with E-state index in [1.165, 1.54) is 4.88 Å². The topological polar surface area (TPSA) is 76.5 Å². The predicted octanol–water partition coefficient (Wildman–Crippen LogP) is 3.58. The summed E-state index contributed by atoms with van der Waals surface area (Å²) in [5.74, 6) is 1.01. The van der Waals surface area contributed by atoms with Crippen LogP contribution in [0.5, 0.6) is 5.75 Å². The van der Waals surface area contributed by atoms with Crippen LogP contribution >= 0.6 is 11.3 Å². The summed E-state index contributed by atoms with van der Waals surface area (Å²) in [6.07, 6.45) is 6.52. The van der Waals surface area contributed by atoms with Crippen molar-refractivity contribution in [2.24, 2.45) is 0 Å². The number of anilines is 1. The molecule has 1 aromatic carbocycles. The van der Waals surface area contributed by atoms with Gasteiger partial charge in [0.2, 0.25) is 5.91 Å². The maximum atomic E-state index is 13.7. The lowest BCUT2D eigenvalue weighted by Gasteiger charge is -2.18. The second kappa shape index (κ2) is 9.03. The molecule has 1 N–H and O–H groups in total. The molecule has 1 fully saturated rings. The number of nitrogens with zero attached hydrogens (tertiary/aromatic N) is 3. The Morgan fingerprint density at radius 2 is 1.94 bits per heavy atom. The van der Waals surface area contributed by atoms with Crippen LogP contribution in [0.4, 0.5) is 5.69 Å². The van der Waals surface area contributed by atoms with E-state index in [1.807, 2.05) is 12.1 Å². The number of benzene rings is 1. The average Bonchev–Trinajstić information content (AvgIpc) is 3.44. The molecule has 2 aliphatic rings. The van der Waals surface area contributed by atoms with Gasteiger partial charge in [0, 0.05) is 4.88 Å². The second-order valence-electron chi connectivity index (χ2n) is 8.54. The number of thiophene rings is 1. The van der Waals surface area contributed by atoms with Gasteiger partial charge in [0.05, 0.1) is 24.7 Å². The van der Waals surface area contributed by atoms with Crippen molar-refractivity contribution in [3.63, 3.8) is 0 Å². The van der Waals surface area contributed by atoms with Gasteiger partial charge in [-0.05, 0) is 69.3 Å². The molecule has 0 atom stereocenters. The first-order valence-corrected chi connectivity index (χ1v) is 12.1. The van der Waals surface area contributed by atoms with E-state index in [4.69, 9.17) is 9.72 Å². The minimum Gasteiger partial charge on any atom is -0.495 e. The quantitative estimate of drug-likeness (QED) is 0.619. The van der Waals surface area contributed by atoms with E-state index in [0.717, 1.165) is 67.4 Å². The molecule has 1 amide bonds. The Morgan fingerprint density at radius 1 is 1.16 bits per heavy atom. The van der Waals surface area contributed by atoms with Crippen LogP contribution < -0.4 is 15.6 Å². The highest BCUT2D eigenvalue weighted by molar-refractivity contribution is 7.18. The van der Waals surface area contributed by atoms with E-state index in [2.05, 4.69) is 10.2 Å². The normalized spacial score (nSPS) is 16.3. The number of carbonyl (C=O) groups excluding carboxylic acids is 1. The van der Waals surface area contributed by atoms with Crippen LogP contribution in [0.2, 0.25) is 0 Å². The van der Waals surface area contributed by atoms with E-state index in [9.17, 15) is 9.59 Å². The molecule has 0 spiro atoms. The summed E-state index contributed by atoms with van der Waals surface area (Å²) in [5.41, 5.74) is 1.66. The minimum atomic E-state index is -0.260. The molecule has 1 aliphatic carbocycles. The third-order valence-electron chi connectivity index (χ3n) is 6.40. The molecule has 0 saturated carbocycles. The largest absolute Gasteiger partial charge is 0.495 e. The Labute approximate surface area is 191 Å². The molecule has 0 unspecified atom stereocenters. The molecule has 7 nitrogen and oxygen atoms in total. The molecule has 32 heavy (non-hydrogen) atoms. The van der Waals surface area contributed by atoms with Crippen molar-refractivity contribution in [3.05, 3.63) is 50.9 Å². The molecular formula is C24H28N4O3S. The van der Waals surface area contributed by atoms with Crippen LogP contribution in [0.1, 0.15) is 41.9 Å². The highest BCUT2D eigenvalue weighted by Crippen LogP contribution is 2.34. The standard InChI is InChI=1S/C24H28N4O3S/c1-31-18-10-4-3-9-17(18)25-21(29)15-28-20(14-27-12-6-7-13-27)26-23-22(24(28)30)16-8-2-5-11-19(16)32-23/h3-4,9-10H,2,5-8,11-15H2,1H3,(H,25,29). The van der Waals surface area contributed by atoms with Crippen molar-refractivity contribution in [1.29, 1.82) is 0 Å². The van der Waals surface area contributed by atoms with Crippen LogP contribution in [-0.4, -0.2) is 40.6 Å². The predicted molar refractivity (Wildman–Crippen MR) is 127 cm³/mol. The molecular weight excluding hydrogens is 424 g/mol. The van der Waals surface area contributed by atoms with Gasteiger partial charge >= 0.3 is 0 Å². The number of rotatable bonds is 6. The third-order valence-corrected chi connectivity index (χ3v) is 7.59. The zero-order valence-electron chi connectivity index (χ0n) is 18.4. The van der Waals surface area contributed by atoms with Crippen LogP contribution in [0.3, 0.4) is 0 Å². The monoisotopic (exact) mass is 452 g/mol. The van der Waals surface area contributed by atoms with Crippen LogP contribution in [0, 0.1) is 0 Å². The number of para-hydroxylation sites is 2. The van der Waals surface area contributed by atoms with E-state index < -0.39 is 0 Å². The molecule has 8 heteroatoms. The van der Waals surface area contributed by atoms with Gasteiger partial charge < -0.3 is 10.1 Å². The van der Waals surface area contributed by atoms with Gasteiger partial charge in [-0.25, -0.2) is 4.98 Å². The fourth-order valence-electron chi connectivity index (χ4n) is 4.79. The molecule has 5 rings (SSSR count). The number of carbonyl (C=O) groups is 1. The van der Waals surface area contributed by atoms with E-state index in [0.29, 0.717) is 23.8 Å². The van der Waals surface area contributed by atoms with E-state index >= 15 is 0 Å². The van der Waals surface area contributed by atoms with Crippen molar-refractivity contribution < 1.29 is 9.53 Å². The smallest absolute Gasteiger partial charge is 0.263 e. The number of nitrogens with one attached hydrogen (secondary N) is 1. The average molecular weight is 453 g/mol. The number of amides is 1. The molecule has 3 heterocycles. The highest BCUT2D eigenvalue weighted by atomic mass is 32.1. The maximum absolute atomic E-state index is 13.7. The van der Waals surface area contributed by atoms with Gasteiger partial charge in [-0.2, -0.15) is 0 Å². The first-order chi connectivity index (χ1) is 15.6. The summed E-state index contributed by atoms with van der Waals surface area (Å²) in [6, 6.07) is 7.28. The SMILES string of the molecule is COc1ccccc1NC(=O)Cn1c(CN2CCCC2)nc2sc3c(c2c1=O)CCCC3. The molecule has 0 bridgehead atoms. The summed E-state index contributed by atoms with van der Waals surface area (Å²) in [4.78, 5) is 36.0. The summed E-state index contributed by atoms with van der Waals surface area (Å²) >= 11 is 1.66. The van der Waals surface area contributed by atoms with Crippen LogP contribution in [0.25, 0.3) is 10.2 Å². The second-order valence-corrected chi connectivity index (χ2v) is 9.63. The van der Waals surface area contributed by atoms with E-state index in [-0.39, 0.29) is 18.0 Å². The Morgan fingerprint density at radius 3 is 2.75 bits per heavy atom. The number of likely N-dealkylation sites (tertiary alicyclic amines) is 1. The molecule has 1 aliphatic heterocycles. The Hall–Kier alpha value is -2.71. The third kappa shape index (κ3) is 4.04. The van der Waals surface area contributed by atoms with Crippen molar-refractivity contribution in [2.75, 3.05) is 25.5 Å². The zero-order valence-corrected chi connectivity index (χ0v) is 19.2. The minimum absolute atomic E-state index is 0.0619. The summed E-state index contributed by atoms with van der Waals surface area (Å²) in [6.45, 7) is 2.54. The fraction of sp³-hybridized carbons (Fsp3) is 0.458. The zero-order chi connectivity index (χ0) is 22.1. The molecule has 1 saturated heterocycles. The molecule has 3 aromatic rings. The summed E-state index contributed by atoms with van der Waals surface area (Å²) in [7, 11) is 1.57. The Bertz CT molecular complexity index is 1210. The number of aromatic nitrogens is 2. The lowest BCUT2D eigenvalue weighted by molar-refractivity contribution is -0.116. The lowest BCUT2D eigenvalue weighted by atomic mass is 9.97. The molecule has 168 valence electrons. The maximum Gasteiger partial charge on any atom is 0.263 e. The number of hydrogen-bond acceptors (Lipinski definition) is 6. The van der Waals surface area contributed by atoms with Crippen molar-refractivity contribution in [1.82, 2.24) is 14.5 Å². The summed E-state index contributed by atoms with van der Waals surface area (Å²) in [5, 5.41) is 3.62. The van der Waals surface area contributed by atoms with Gasteiger partial charge in [0.25, 0.3) is 5.56 Å². The summed E-state index contributed by atoms with van der Waals surface area (Å²) < 4.78 is 6.93. The van der Waals surface area contributed by atoms with Gasteiger partial charge in [-0.3, -0.25) is 19.1 Å². The number of fused-ring (bicyclic) bond motifs is 3. The van der Waals surface area contributed by atoms with Crippen LogP contribution in [-0.2, 0) is 30.7 Å². The first-order valence-electron chi connectivity index (χ1n) is 11.3. The van der Waals surface area contributed by atoms with Gasteiger partial charge in [-0.15, -0.1) is 11.3 Å². The van der Waals surface area contributed by atoms with Crippen molar-refractivity contribution >= 4 is 33.1 Å². The van der Waals surface area contributed by atoms with Gasteiger partial charge in [0.1, 0.15) is 22.9 Å². The van der Waals surface area contributed by atoms with E-state index in [1.54, 1.807) is 35.1 Å². The highest BCUT2D eigenvalue weighted by Gasteiger charge is 2.24. The Kier molecular flexibility index (Phi) is 5.97. The molecule has 0 radical (unpaired) electrons. The van der Waals surface area contributed by atoms with Crippen molar-refractivity contribution in [3.8, 4) is 5.75 Å². The first kappa shape index (κ1) is 21.2. The number of ether oxygens (including phenoxy) is 1. The Balaban J connectivity index is 1.52. The lowest BCUT2D eigenvalue weighted by Crippen LogP contribution is -2.34. The van der Waals surface area contributed by atoms with Gasteiger partial charge in [0.15, 0.2) is 0 Å². The number of aryl methyl sites for hydroxylation is 2.